The molecular formula is C22H19FN4O2. The molecule has 6 nitrogen and oxygen atoms in total. The number of nitrogens with zero attached hydrogens (tertiary/aromatic N) is 3. The van der Waals surface area contributed by atoms with E-state index in [4.69, 9.17) is 9.47 Å². The van der Waals surface area contributed by atoms with E-state index in [0.29, 0.717) is 29.6 Å². The lowest BCUT2D eigenvalue weighted by atomic mass is 10.1. The Morgan fingerprint density at radius 1 is 0.966 bits per heavy atom. The molecule has 0 amide bonds. The number of aryl methyl sites for hydroxylation is 1. The zero-order valence-corrected chi connectivity index (χ0v) is 16.0. The molecule has 7 heteroatoms. The van der Waals surface area contributed by atoms with E-state index < -0.39 is 0 Å². The molecule has 3 heterocycles. The second kappa shape index (κ2) is 8.10. The minimum Gasteiger partial charge on any atom is -0.496 e. The summed E-state index contributed by atoms with van der Waals surface area (Å²) in [7, 11) is 1.60. The van der Waals surface area contributed by atoms with Gasteiger partial charge in [0.05, 0.1) is 25.2 Å². The van der Waals surface area contributed by atoms with Gasteiger partial charge in [0.2, 0.25) is 0 Å². The summed E-state index contributed by atoms with van der Waals surface area (Å²) in [6, 6.07) is 12.5. The summed E-state index contributed by atoms with van der Waals surface area (Å²) in [5, 5.41) is 0. The zero-order chi connectivity index (χ0) is 20.2. The number of benzene rings is 1. The molecule has 0 aliphatic rings. The molecule has 0 bridgehead atoms. The predicted octanol–water partition coefficient (Wildman–Crippen LogP) is 4.57. The second-order valence-electron chi connectivity index (χ2n) is 6.47. The van der Waals surface area contributed by atoms with Crippen LogP contribution in [0, 0.1) is 12.7 Å². The molecule has 1 aromatic carbocycles. The summed E-state index contributed by atoms with van der Waals surface area (Å²) in [6.45, 7) is 2.36. The Bertz CT molecular complexity index is 1110. The molecule has 0 spiro atoms. The van der Waals surface area contributed by atoms with E-state index >= 15 is 0 Å². The standard InChI is InChI=1S/C22H19FN4O2/c1-14-3-4-15(10-24-14)13-29-17-6-7-18(21(9-17)28-2)20-12-26-22(27-20)19-8-5-16(23)11-25-19/h3-12H,13H2,1-2H3,(H,26,27). The van der Waals surface area contributed by atoms with Crippen molar-refractivity contribution in [1.29, 1.82) is 0 Å². The molecule has 3 aromatic heterocycles. The van der Waals surface area contributed by atoms with E-state index in [0.717, 1.165) is 28.7 Å². The molecule has 0 fully saturated rings. The van der Waals surface area contributed by atoms with E-state index in [2.05, 4.69) is 19.9 Å². The highest BCUT2D eigenvalue weighted by atomic mass is 19.1. The third kappa shape index (κ3) is 4.24. The van der Waals surface area contributed by atoms with Gasteiger partial charge >= 0.3 is 0 Å². The Labute approximate surface area is 167 Å². The lowest BCUT2D eigenvalue weighted by molar-refractivity contribution is 0.303. The molecule has 0 aliphatic carbocycles. The first-order valence-electron chi connectivity index (χ1n) is 9.02. The number of pyridine rings is 2. The first-order valence-corrected chi connectivity index (χ1v) is 9.02. The van der Waals surface area contributed by atoms with Gasteiger partial charge in [-0.25, -0.2) is 14.4 Å². The minimum absolute atomic E-state index is 0.390. The molecule has 146 valence electrons. The SMILES string of the molecule is COc1cc(OCc2ccc(C)nc2)ccc1-c1cnc(-c2ccc(F)cn2)[nH]1. The average molecular weight is 390 g/mol. The van der Waals surface area contributed by atoms with Gasteiger partial charge in [0.15, 0.2) is 5.82 Å². The monoisotopic (exact) mass is 390 g/mol. The maximum Gasteiger partial charge on any atom is 0.156 e. The Balaban J connectivity index is 1.54. The molecule has 0 atom stereocenters. The van der Waals surface area contributed by atoms with E-state index in [1.807, 2.05) is 37.3 Å². The third-order valence-electron chi connectivity index (χ3n) is 4.39. The van der Waals surface area contributed by atoms with Crippen molar-refractivity contribution in [3.05, 3.63) is 78.1 Å². The molecule has 4 aromatic rings. The fraction of sp³-hybridized carbons (Fsp3) is 0.136. The average Bonchev–Trinajstić information content (AvgIpc) is 3.23. The quantitative estimate of drug-likeness (QED) is 0.522. The molecule has 0 unspecified atom stereocenters. The number of aromatic nitrogens is 4. The van der Waals surface area contributed by atoms with Crippen LogP contribution >= 0.6 is 0 Å². The Morgan fingerprint density at radius 3 is 2.59 bits per heavy atom. The Hall–Kier alpha value is -3.74. The number of H-pyrrole nitrogens is 1. The fourth-order valence-corrected chi connectivity index (χ4v) is 2.84. The van der Waals surface area contributed by atoms with Crippen molar-refractivity contribution in [3.8, 4) is 34.3 Å². The molecule has 0 aliphatic heterocycles. The van der Waals surface area contributed by atoms with Crippen LogP contribution in [0.15, 0.2) is 61.1 Å². The van der Waals surface area contributed by atoms with Gasteiger partial charge in [-0.2, -0.15) is 0 Å². The maximum absolute atomic E-state index is 13.1. The van der Waals surface area contributed by atoms with Gasteiger partial charge in [0.1, 0.15) is 29.6 Å². The molecule has 0 saturated carbocycles. The third-order valence-corrected chi connectivity index (χ3v) is 4.39. The highest BCUT2D eigenvalue weighted by Crippen LogP contribution is 2.33. The lowest BCUT2D eigenvalue weighted by Gasteiger charge is -2.11. The minimum atomic E-state index is -0.390. The lowest BCUT2D eigenvalue weighted by Crippen LogP contribution is -1.97. The maximum atomic E-state index is 13.1. The smallest absolute Gasteiger partial charge is 0.156 e. The normalized spacial score (nSPS) is 10.7. The highest BCUT2D eigenvalue weighted by molar-refractivity contribution is 5.70. The van der Waals surface area contributed by atoms with Crippen molar-refractivity contribution in [2.75, 3.05) is 7.11 Å². The van der Waals surface area contributed by atoms with Crippen LogP contribution in [0.4, 0.5) is 4.39 Å². The number of hydrogen-bond donors (Lipinski definition) is 1. The molecule has 4 rings (SSSR count). The first-order chi connectivity index (χ1) is 14.1. The van der Waals surface area contributed by atoms with Crippen molar-refractivity contribution < 1.29 is 13.9 Å². The van der Waals surface area contributed by atoms with Crippen molar-refractivity contribution in [3.63, 3.8) is 0 Å². The Morgan fingerprint density at radius 2 is 1.86 bits per heavy atom. The van der Waals surface area contributed by atoms with E-state index in [9.17, 15) is 4.39 Å². The summed E-state index contributed by atoms with van der Waals surface area (Å²) in [5.74, 6) is 1.49. The molecule has 1 N–H and O–H groups in total. The van der Waals surface area contributed by atoms with Crippen LogP contribution in [0.3, 0.4) is 0 Å². The van der Waals surface area contributed by atoms with Crippen molar-refractivity contribution in [1.82, 2.24) is 19.9 Å². The number of nitrogens with one attached hydrogen (secondary N) is 1. The molecule has 0 saturated heterocycles. The topological polar surface area (TPSA) is 72.9 Å². The molecule has 29 heavy (non-hydrogen) atoms. The van der Waals surface area contributed by atoms with Crippen LogP contribution in [-0.4, -0.2) is 27.0 Å². The molecule has 0 radical (unpaired) electrons. The van der Waals surface area contributed by atoms with Crippen LogP contribution in [0.1, 0.15) is 11.3 Å². The van der Waals surface area contributed by atoms with Crippen molar-refractivity contribution in [2.24, 2.45) is 0 Å². The second-order valence-corrected chi connectivity index (χ2v) is 6.47. The van der Waals surface area contributed by atoms with Gasteiger partial charge < -0.3 is 14.5 Å². The van der Waals surface area contributed by atoms with Gasteiger partial charge in [0.25, 0.3) is 0 Å². The van der Waals surface area contributed by atoms with E-state index in [1.54, 1.807) is 25.6 Å². The van der Waals surface area contributed by atoms with Gasteiger partial charge in [-0.1, -0.05) is 6.07 Å². The number of ether oxygens (including phenoxy) is 2. The van der Waals surface area contributed by atoms with Crippen LogP contribution < -0.4 is 9.47 Å². The Kier molecular flexibility index (Phi) is 5.20. The number of aromatic amines is 1. The molecular weight excluding hydrogens is 371 g/mol. The van der Waals surface area contributed by atoms with Gasteiger partial charge in [0, 0.05) is 29.1 Å². The van der Waals surface area contributed by atoms with Crippen LogP contribution in [-0.2, 0) is 6.61 Å². The first kappa shape index (κ1) is 18.6. The number of imidazole rings is 1. The van der Waals surface area contributed by atoms with E-state index in [1.165, 1.54) is 6.07 Å². The summed E-state index contributed by atoms with van der Waals surface area (Å²) >= 11 is 0. The summed E-state index contributed by atoms with van der Waals surface area (Å²) in [4.78, 5) is 15.9. The number of methoxy groups -OCH3 is 1. The number of halogens is 1. The number of rotatable bonds is 6. The van der Waals surface area contributed by atoms with Gasteiger partial charge in [-0.3, -0.25) is 4.98 Å². The van der Waals surface area contributed by atoms with Gasteiger partial charge in [-0.05, 0) is 37.3 Å². The van der Waals surface area contributed by atoms with Crippen LogP contribution in [0.25, 0.3) is 22.8 Å². The predicted molar refractivity (Wildman–Crippen MR) is 107 cm³/mol. The fourth-order valence-electron chi connectivity index (χ4n) is 2.84. The number of hydrogen-bond acceptors (Lipinski definition) is 5. The largest absolute Gasteiger partial charge is 0.496 e. The summed E-state index contributed by atoms with van der Waals surface area (Å²) < 4.78 is 24.5. The van der Waals surface area contributed by atoms with Crippen molar-refractivity contribution in [2.45, 2.75) is 13.5 Å². The van der Waals surface area contributed by atoms with Gasteiger partial charge in [-0.15, -0.1) is 0 Å². The summed E-state index contributed by atoms with van der Waals surface area (Å²) in [5.41, 5.74) is 4.11. The van der Waals surface area contributed by atoms with Crippen LogP contribution in [0.2, 0.25) is 0 Å². The van der Waals surface area contributed by atoms with Crippen LogP contribution in [0.5, 0.6) is 11.5 Å². The summed E-state index contributed by atoms with van der Waals surface area (Å²) in [6.07, 6.45) is 4.65. The van der Waals surface area contributed by atoms with E-state index in [-0.39, 0.29) is 5.82 Å². The highest BCUT2D eigenvalue weighted by Gasteiger charge is 2.12. The zero-order valence-electron chi connectivity index (χ0n) is 16.0. The van der Waals surface area contributed by atoms with Crippen molar-refractivity contribution >= 4 is 0 Å².